The van der Waals surface area contributed by atoms with Gasteiger partial charge in [0, 0.05) is 41.4 Å². The molecule has 1 aliphatic carbocycles. The third-order valence-corrected chi connectivity index (χ3v) is 26.2. The first-order valence-corrected chi connectivity index (χ1v) is 50.7. The van der Waals surface area contributed by atoms with Gasteiger partial charge in [0.1, 0.15) is 110 Å². The number of ether oxygens (including phenoxy) is 13. The second-order valence-electron chi connectivity index (χ2n) is 29.3. The van der Waals surface area contributed by atoms with Crippen LogP contribution in [0.15, 0.2) is 0 Å². The maximum absolute atomic E-state index is 13.5. The summed E-state index contributed by atoms with van der Waals surface area (Å²) in [5.41, 5.74) is -2.48. The third kappa shape index (κ3) is 31.7. The molecule has 756 valence electrons. The minimum Gasteiger partial charge on any atom is -0.748 e. The van der Waals surface area contributed by atoms with Crippen molar-refractivity contribution in [3.63, 3.8) is 0 Å². The van der Waals surface area contributed by atoms with Crippen molar-refractivity contribution in [3.05, 3.63) is 0 Å². The zero-order chi connectivity index (χ0) is 97.5. The Kier molecular flexibility index (Phi) is 37.5. The number of fused-ring (bicyclic) bond motifs is 1. The van der Waals surface area contributed by atoms with Gasteiger partial charge in [-0.05, 0) is 25.7 Å². The van der Waals surface area contributed by atoms with Crippen molar-refractivity contribution in [2.75, 3.05) is 33.0 Å². The van der Waals surface area contributed by atoms with Crippen LogP contribution in [0.4, 0.5) is 0 Å². The van der Waals surface area contributed by atoms with Crippen molar-refractivity contribution in [2.45, 2.75) is 228 Å². The largest absolute Gasteiger partial charge is 0.748 e. The Morgan fingerprint density at radius 1 is 0.341 bits per heavy atom. The molecule has 19 unspecified atom stereocenters. The van der Waals surface area contributed by atoms with Crippen LogP contribution in [0.3, 0.4) is 0 Å². The van der Waals surface area contributed by atoms with Crippen LogP contribution in [-0.2, 0) is 251 Å². The molecule has 77 heteroatoms. The predicted octanol–water partition coefficient (Wildman–Crippen LogP) is -13.1. The summed E-state index contributed by atoms with van der Waals surface area (Å²) in [5.74, 6) is -19.7. The van der Waals surface area contributed by atoms with E-state index in [0.29, 0.717) is 0 Å². The molecule has 8 fully saturated rings. The molecule has 0 spiro atoms. The Balaban J connectivity index is 1.10. The van der Waals surface area contributed by atoms with E-state index in [2.05, 4.69) is 52.1 Å². The molecule has 0 amide bonds. The van der Waals surface area contributed by atoms with Gasteiger partial charge in [0.05, 0.1) is 68.4 Å². The Bertz CT molecular complexity index is 5090. The molecular formula is C52H72O65S12-14. The summed E-state index contributed by atoms with van der Waals surface area (Å²) < 4.78 is 525. The van der Waals surface area contributed by atoms with E-state index in [4.69, 9.17) is 74.1 Å². The molecule has 7 saturated heterocycles. The van der Waals surface area contributed by atoms with Crippen LogP contribution in [0.5, 0.6) is 0 Å². The lowest BCUT2D eigenvalue weighted by Gasteiger charge is -2.52. The van der Waals surface area contributed by atoms with Gasteiger partial charge in [-0.2, -0.15) is 0 Å². The van der Waals surface area contributed by atoms with E-state index in [1.54, 1.807) is 0 Å². The third-order valence-electron chi connectivity index (χ3n) is 21.1. The van der Waals surface area contributed by atoms with Crippen LogP contribution in [0, 0.1) is 53.3 Å². The van der Waals surface area contributed by atoms with Gasteiger partial charge < -0.3 is 137 Å². The van der Waals surface area contributed by atoms with Gasteiger partial charge in [-0.3, -0.25) is 51.1 Å². The fourth-order valence-corrected chi connectivity index (χ4v) is 20.3. The highest BCUT2D eigenvalue weighted by Crippen LogP contribution is 2.64. The highest BCUT2D eigenvalue weighted by Gasteiger charge is 2.74. The standard InChI is InChI=1S/C52H86O65S12/c1-15-17(3)46(96-24(11-91-120(60,61)62)30(15)100-49-34(109-124(72,73)74)20(6)31(25(97-49)12-92-121(63,64)65)101-50-35(110-125(75,76)77)21(7)32(108-118-116-115-57)26(98-50)13-93-122(66,67)68)102-33-16(2)18(4)47(106-42(33)45(55)56)103-37-23(10-90-117-119(58)59)99-51(43(114-129(87,88)89)41(37)113-128(84,85)86)107-52(9)28-19(5)48(105-39(29(28)52)44(53)54)104-38-27(14-94-123(69,70)71)95-22(8)36(111-126(78,79)80)40(38)112-127(81,82)83/h15-43,46-51,57H,10-14H2,1-9H3,(H,53,54)(H,55,56)(H,58,59)(H,60,61,62)(H,63,64,65)(H,66,67,68)(H,69,70,71)(H,72,73,74)(H,75,76,77)(H,78,79,80)(H,81,82,83)(H,84,85,86)(H,87,88,89)/p-14/t15?,16?,17?,18?,19?,20-,21-,22+,23?,24?,25?,26?,27?,28+,29-,30-,31-,32-,33-,34?,35?,36?,37+,38+,39?,40?,41-,42?,43?,46+,47+,48+,49-,50-,51-,52?/m0/s1. The molecule has 0 aromatic heterocycles. The Labute approximate surface area is 738 Å². The predicted molar refractivity (Wildman–Crippen MR) is 362 cm³/mol. The van der Waals surface area contributed by atoms with Crippen LogP contribution in [-0.4, -0.2) is 349 Å². The fourth-order valence-electron chi connectivity index (χ4n) is 15.5. The van der Waals surface area contributed by atoms with Gasteiger partial charge in [-0.1, -0.05) is 48.5 Å². The average molecular weight is 2120 g/mol. The number of carbonyl (C=O) groups is 2. The lowest BCUT2D eigenvalue weighted by molar-refractivity contribution is -0.777. The normalized spacial score (nSPS) is 39.9. The number of hydrogen-bond donors (Lipinski definition) is 0. The second-order valence-corrected chi connectivity index (χ2v) is 40.6. The van der Waals surface area contributed by atoms with E-state index in [0.717, 1.165) is 55.4 Å². The molecule has 37 atom stereocenters. The molecule has 7 aliphatic heterocycles. The molecule has 0 aromatic carbocycles. The van der Waals surface area contributed by atoms with E-state index in [1.807, 2.05) is 0 Å². The van der Waals surface area contributed by atoms with E-state index < -0.39 is 379 Å². The highest BCUT2D eigenvalue weighted by atomic mass is 32.3. The van der Waals surface area contributed by atoms with Crippen LogP contribution in [0.1, 0.15) is 62.3 Å². The van der Waals surface area contributed by atoms with Crippen molar-refractivity contribution >= 4 is 140 Å². The summed E-state index contributed by atoms with van der Waals surface area (Å²) in [7, 11) is -60.7. The summed E-state index contributed by atoms with van der Waals surface area (Å²) in [6.07, 6.45) is -64.4. The zero-order valence-corrected chi connectivity index (χ0v) is 75.5. The summed E-state index contributed by atoms with van der Waals surface area (Å²) in [4.78, 5) is 31.2. The summed E-state index contributed by atoms with van der Waals surface area (Å²) in [6, 6.07) is 0. The molecule has 7 heterocycles. The molecule has 8 rings (SSSR count). The van der Waals surface area contributed by atoms with E-state index in [9.17, 15) is 164 Å². The molecule has 0 N–H and O–H groups in total. The first kappa shape index (κ1) is 112. The van der Waals surface area contributed by atoms with Crippen molar-refractivity contribution < 1.29 is 290 Å². The number of rotatable bonds is 46. The number of hydrogen-bond acceptors (Lipinski definition) is 66. The second kappa shape index (κ2) is 43.4. The van der Waals surface area contributed by atoms with Gasteiger partial charge in [0.25, 0.3) is 0 Å². The fraction of sp³-hybridized carbons (Fsp3) is 0.962. The lowest BCUT2D eigenvalue weighted by atomic mass is 9.82. The lowest BCUT2D eigenvalue weighted by Crippen LogP contribution is -2.66. The van der Waals surface area contributed by atoms with Crippen molar-refractivity contribution in [3.8, 4) is 0 Å². The van der Waals surface area contributed by atoms with E-state index in [1.165, 1.54) is 6.92 Å². The Hall–Kier alpha value is -2.66. The highest BCUT2D eigenvalue weighted by molar-refractivity contribution is 7.89. The molecule has 0 radical (unpaired) electrons. The van der Waals surface area contributed by atoms with Gasteiger partial charge in [-0.15, -0.1) is 8.67 Å². The number of carbonyl (C=O) groups excluding carboxylic acids is 2. The molecule has 65 nitrogen and oxygen atoms in total. The first-order chi connectivity index (χ1) is 58.8. The Morgan fingerprint density at radius 3 is 1.07 bits per heavy atom. The van der Waals surface area contributed by atoms with Crippen LogP contribution in [0.25, 0.3) is 0 Å². The monoisotopic (exact) mass is 2120 g/mol. The van der Waals surface area contributed by atoms with Crippen molar-refractivity contribution in [1.29, 1.82) is 0 Å². The minimum atomic E-state index is -6.49. The quantitative estimate of drug-likeness (QED) is 0.0104. The van der Waals surface area contributed by atoms with Gasteiger partial charge >= 0.3 is 0 Å². The van der Waals surface area contributed by atoms with Gasteiger partial charge in [-0.25, -0.2) is 93.3 Å². The van der Waals surface area contributed by atoms with E-state index in [-0.39, 0.29) is 12.3 Å². The maximum atomic E-state index is 13.5. The average Bonchev–Trinajstić information content (AvgIpc) is 1.52. The van der Waals surface area contributed by atoms with Crippen molar-refractivity contribution in [1.82, 2.24) is 0 Å². The molecular weight excluding hydrogens is 2050 g/mol. The molecule has 0 bridgehead atoms. The smallest absolute Gasteiger partial charge is 0.218 e. The molecule has 0 aromatic rings. The van der Waals surface area contributed by atoms with Gasteiger partial charge in [0.15, 0.2) is 56.2 Å². The summed E-state index contributed by atoms with van der Waals surface area (Å²) >= 11 is -4.10. The number of aliphatic carboxylic acids is 2. The van der Waals surface area contributed by atoms with Crippen LogP contribution < -0.4 is 15.5 Å². The summed E-state index contributed by atoms with van der Waals surface area (Å²) in [5, 5.41) is 40.3. The Morgan fingerprint density at radius 2 is 0.659 bits per heavy atom. The molecule has 129 heavy (non-hydrogen) atoms. The SMILES string of the molecule is CC1C(C)[C@H](O[C@@H]2OC(COS(=O)(=O)[O-])[C@@H](O[C@@H]3OC(COS(=O)(=O)[O-])[C@@H](OSOO[O-])[C@H](C)C3OS(=O)(=O)[O-])[C@H](C)C2OS(=O)(=O)[O-])C(COS(=O)(=O)[O-])O[C@@H]1O[C@@H]1C(C(=O)[O-])O[C@@H](O[C@@H]2C(COOS(=O)[O-])O[C@@H](OC3(C)[C@@H]4C(C(=O)[O-])O[C@@H](O[C@@H]5C(COS(=O)(=O)[O-])O[C@H](C)C(OS(=O)(=O)[O-])C5OS(=O)(=O)[O-])C(C)[C@H]43)C(OS(=O)(=O)[O-])[C@H]2OS(=O)(=O)[O-])C(C)C1C. The van der Waals surface area contributed by atoms with E-state index >= 15 is 0 Å². The van der Waals surface area contributed by atoms with Gasteiger partial charge in [0.2, 0.25) is 104 Å². The number of carboxylic acid groups (broad SMARTS) is 2. The first-order valence-electron chi connectivity index (χ1n) is 35.7. The summed E-state index contributed by atoms with van der Waals surface area (Å²) in [6.45, 7) is 1.19. The minimum absolute atomic E-state index is 0.366. The number of carboxylic acids is 2. The van der Waals surface area contributed by atoms with Crippen LogP contribution in [0.2, 0.25) is 0 Å². The molecule has 1 saturated carbocycles. The van der Waals surface area contributed by atoms with Crippen molar-refractivity contribution in [2.24, 2.45) is 53.3 Å². The molecule has 8 aliphatic rings. The zero-order valence-electron chi connectivity index (χ0n) is 65.7. The topological polar surface area (TPSA) is 974 Å². The maximum Gasteiger partial charge on any atom is 0.218 e. The van der Waals surface area contributed by atoms with Crippen LogP contribution >= 0.6 is 12.3 Å².